The fourth-order valence-corrected chi connectivity index (χ4v) is 5.01. The van der Waals surface area contributed by atoms with E-state index in [0.717, 1.165) is 6.42 Å². The van der Waals surface area contributed by atoms with Crippen LogP contribution in [0.1, 0.15) is 18.9 Å². The zero-order chi connectivity index (χ0) is 20.5. The van der Waals surface area contributed by atoms with E-state index in [-0.39, 0.29) is 29.9 Å². The molecule has 28 heavy (non-hydrogen) atoms. The van der Waals surface area contributed by atoms with Gasteiger partial charge in [0.2, 0.25) is 11.8 Å². The summed E-state index contributed by atoms with van der Waals surface area (Å²) in [5.74, 6) is -0.218. The Balaban J connectivity index is 1.79. The minimum atomic E-state index is -0.437. The summed E-state index contributed by atoms with van der Waals surface area (Å²) in [5.41, 5.74) is 0.293. The van der Waals surface area contributed by atoms with Crippen LogP contribution in [-0.4, -0.2) is 52.0 Å². The van der Waals surface area contributed by atoms with E-state index < -0.39 is 5.82 Å². The Morgan fingerprint density at radius 1 is 1.25 bits per heavy atom. The molecular weight excluding hydrogens is 443 g/mol. The van der Waals surface area contributed by atoms with Gasteiger partial charge in [-0.1, -0.05) is 59.5 Å². The first-order chi connectivity index (χ1) is 13.4. The van der Waals surface area contributed by atoms with Gasteiger partial charge in [-0.3, -0.25) is 9.59 Å². The molecule has 1 N–H and O–H groups in total. The van der Waals surface area contributed by atoms with Crippen LogP contribution >= 0.6 is 46.5 Å². The van der Waals surface area contributed by atoms with Crippen LogP contribution in [0.4, 0.5) is 4.39 Å². The van der Waals surface area contributed by atoms with E-state index >= 15 is 0 Å². The van der Waals surface area contributed by atoms with Crippen LogP contribution in [0.15, 0.2) is 26.9 Å². The van der Waals surface area contributed by atoms with Crippen LogP contribution < -0.4 is 5.32 Å². The van der Waals surface area contributed by atoms with Crippen molar-refractivity contribution in [3.63, 3.8) is 0 Å². The normalized spacial score (nSPS) is 10.7. The van der Waals surface area contributed by atoms with Crippen molar-refractivity contribution in [2.45, 2.75) is 28.6 Å². The van der Waals surface area contributed by atoms with Gasteiger partial charge in [0.15, 0.2) is 8.68 Å². The van der Waals surface area contributed by atoms with Crippen molar-refractivity contribution < 1.29 is 14.0 Å². The average molecular weight is 463 g/mol. The number of hydrogen-bond donors (Lipinski definition) is 1. The highest BCUT2D eigenvalue weighted by Crippen LogP contribution is 2.29. The first-order valence-corrected chi connectivity index (χ1v) is 11.6. The molecule has 1 heterocycles. The maximum atomic E-state index is 13.9. The van der Waals surface area contributed by atoms with Crippen molar-refractivity contribution in [3.05, 3.63) is 34.6 Å². The lowest BCUT2D eigenvalue weighted by Gasteiger charge is -2.18. The minimum Gasteiger partial charge on any atom is -0.355 e. The first kappa shape index (κ1) is 22.9. The summed E-state index contributed by atoms with van der Waals surface area (Å²) in [6.45, 7) is 2.74. The van der Waals surface area contributed by atoms with Gasteiger partial charge < -0.3 is 10.2 Å². The van der Waals surface area contributed by atoms with E-state index in [1.165, 1.54) is 51.9 Å². The van der Waals surface area contributed by atoms with Gasteiger partial charge in [-0.05, 0) is 18.6 Å². The van der Waals surface area contributed by atoms with Gasteiger partial charge in [0.25, 0.3) is 0 Å². The van der Waals surface area contributed by atoms with Crippen LogP contribution in [0.3, 0.4) is 0 Å². The molecular formula is C17H20ClFN4O2S3. The van der Waals surface area contributed by atoms with E-state index in [1.54, 1.807) is 13.1 Å². The molecule has 11 heteroatoms. The lowest BCUT2D eigenvalue weighted by atomic mass is 10.2. The van der Waals surface area contributed by atoms with E-state index in [1.807, 2.05) is 6.92 Å². The van der Waals surface area contributed by atoms with Crippen LogP contribution in [0, 0.1) is 5.82 Å². The number of benzene rings is 1. The number of nitrogens with one attached hydrogen (secondary N) is 1. The lowest BCUT2D eigenvalue weighted by molar-refractivity contribution is -0.127. The molecule has 0 aliphatic carbocycles. The summed E-state index contributed by atoms with van der Waals surface area (Å²) in [6, 6.07) is 4.44. The molecule has 0 bridgehead atoms. The number of carbonyl (C=O) groups is 2. The smallest absolute Gasteiger partial charge is 0.233 e. The van der Waals surface area contributed by atoms with Gasteiger partial charge in [0.1, 0.15) is 5.82 Å². The van der Waals surface area contributed by atoms with E-state index in [9.17, 15) is 14.0 Å². The summed E-state index contributed by atoms with van der Waals surface area (Å²) in [4.78, 5) is 25.3. The van der Waals surface area contributed by atoms with E-state index in [2.05, 4.69) is 15.5 Å². The molecule has 0 saturated heterocycles. The quantitative estimate of drug-likeness (QED) is 0.542. The van der Waals surface area contributed by atoms with Gasteiger partial charge in [0, 0.05) is 30.7 Å². The molecule has 1 aromatic carbocycles. The summed E-state index contributed by atoms with van der Waals surface area (Å²) in [5, 5.41) is 11.1. The second-order valence-electron chi connectivity index (χ2n) is 5.71. The summed E-state index contributed by atoms with van der Waals surface area (Å²) >= 11 is 9.91. The fraction of sp³-hybridized carbons (Fsp3) is 0.412. The second kappa shape index (κ2) is 11.6. The number of nitrogens with zero attached hydrogens (tertiary/aromatic N) is 3. The molecule has 2 aromatic rings. The lowest BCUT2D eigenvalue weighted by Crippen LogP contribution is -2.28. The molecule has 6 nitrogen and oxygen atoms in total. The Kier molecular flexibility index (Phi) is 9.49. The minimum absolute atomic E-state index is 0.0418. The summed E-state index contributed by atoms with van der Waals surface area (Å²) in [6.07, 6.45) is 0.890. The molecule has 0 unspecified atom stereocenters. The van der Waals surface area contributed by atoms with Gasteiger partial charge in [-0.15, -0.1) is 10.2 Å². The third-order valence-corrected chi connectivity index (χ3v) is 7.02. The van der Waals surface area contributed by atoms with E-state index in [0.29, 0.717) is 25.8 Å². The fourth-order valence-electron chi connectivity index (χ4n) is 2.00. The molecule has 2 amide bonds. The number of aromatic nitrogens is 2. The molecule has 0 radical (unpaired) electrons. The number of thioether (sulfide) groups is 2. The largest absolute Gasteiger partial charge is 0.355 e. The number of rotatable bonds is 10. The van der Waals surface area contributed by atoms with Crippen LogP contribution in [-0.2, 0) is 16.1 Å². The highest BCUT2D eigenvalue weighted by Gasteiger charge is 2.16. The van der Waals surface area contributed by atoms with Crippen LogP contribution in [0.2, 0.25) is 5.02 Å². The van der Waals surface area contributed by atoms with Crippen molar-refractivity contribution >= 4 is 58.3 Å². The molecule has 0 aliphatic heterocycles. The Morgan fingerprint density at radius 2 is 1.93 bits per heavy atom. The van der Waals surface area contributed by atoms with Crippen molar-refractivity contribution in [2.75, 3.05) is 25.1 Å². The zero-order valence-electron chi connectivity index (χ0n) is 15.4. The average Bonchev–Trinajstić information content (AvgIpc) is 3.13. The van der Waals surface area contributed by atoms with Crippen molar-refractivity contribution in [3.8, 4) is 0 Å². The summed E-state index contributed by atoms with van der Waals surface area (Å²) < 4.78 is 15.2. The Labute approximate surface area is 180 Å². The predicted octanol–water partition coefficient (Wildman–Crippen LogP) is 3.70. The predicted molar refractivity (Wildman–Crippen MR) is 113 cm³/mol. The molecule has 1 aromatic heterocycles. The van der Waals surface area contributed by atoms with Crippen molar-refractivity contribution in [1.82, 2.24) is 20.4 Å². The first-order valence-electron chi connectivity index (χ1n) is 8.43. The maximum absolute atomic E-state index is 13.9. The summed E-state index contributed by atoms with van der Waals surface area (Å²) in [7, 11) is 1.60. The number of amides is 2. The number of halogens is 2. The monoisotopic (exact) mass is 462 g/mol. The molecule has 0 saturated carbocycles. The van der Waals surface area contributed by atoms with Gasteiger partial charge in [0.05, 0.1) is 11.5 Å². The Hall–Kier alpha value is -1.36. The zero-order valence-corrected chi connectivity index (χ0v) is 18.6. The Bertz CT molecular complexity index is 801. The Morgan fingerprint density at radius 3 is 2.57 bits per heavy atom. The highest BCUT2D eigenvalue weighted by molar-refractivity contribution is 8.03. The van der Waals surface area contributed by atoms with Crippen molar-refractivity contribution in [2.24, 2.45) is 0 Å². The van der Waals surface area contributed by atoms with Crippen molar-refractivity contribution in [1.29, 1.82) is 0 Å². The van der Waals surface area contributed by atoms with Crippen LogP contribution in [0.25, 0.3) is 0 Å². The topological polar surface area (TPSA) is 75.2 Å². The SMILES string of the molecule is CCCNC(=O)CSc1nnc(SCC(=O)N(C)Cc2c(F)cccc2Cl)s1. The van der Waals surface area contributed by atoms with Crippen LogP contribution in [0.5, 0.6) is 0 Å². The number of carbonyl (C=O) groups excluding carboxylic acids is 2. The third-order valence-electron chi connectivity index (χ3n) is 3.49. The third kappa shape index (κ3) is 7.23. The maximum Gasteiger partial charge on any atom is 0.233 e. The molecule has 0 spiro atoms. The molecule has 0 aliphatic rings. The number of hydrogen-bond acceptors (Lipinski definition) is 7. The van der Waals surface area contributed by atoms with Gasteiger partial charge in [-0.2, -0.15) is 0 Å². The van der Waals surface area contributed by atoms with Gasteiger partial charge in [-0.25, -0.2) is 4.39 Å². The molecule has 152 valence electrons. The van der Waals surface area contributed by atoms with Gasteiger partial charge >= 0.3 is 0 Å². The second-order valence-corrected chi connectivity index (χ2v) is 9.54. The molecule has 0 fully saturated rings. The molecule has 0 atom stereocenters. The molecule has 2 rings (SSSR count). The van der Waals surface area contributed by atoms with E-state index in [4.69, 9.17) is 11.6 Å². The standard InChI is InChI=1S/C17H20ClFN4O2S3/c1-3-7-20-14(24)9-26-16-21-22-17(28-16)27-10-15(25)23(2)8-11-12(18)5-4-6-13(11)19/h4-6H,3,7-10H2,1-2H3,(H,20,24). The highest BCUT2D eigenvalue weighted by atomic mass is 35.5.